The van der Waals surface area contributed by atoms with Gasteiger partial charge in [-0.1, -0.05) is 10.1 Å². The van der Waals surface area contributed by atoms with Crippen molar-refractivity contribution in [2.45, 2.75) is 31.3 Å². The van der Waals surface area contributed by atoms with Gasteiger partial charge in [0, 0.05) is 44.5 Å². The standard InChI is InChI=1S/C27H35BFN10O5PS2/c1-6-31-22-17(37(4)11-8-10-36(2)3)9-7-12-38(22)13-16-14-46-25-19(24(41)39(25)20(16)26(42)44-45(5)28)32-23(40)18(34-43-15-29)21-33-27(30)47-35-21/h6-7,9,12,19,25H,8,10-11,13-15H2,1-5H3,(H2-,30,32,33,35,40)/p+1/b34-18-. The number of nitrogens with zero attached hydrogens (tertiary/aromatic N) is 8. The molecule has 2 aliphatic heterocycles. The number of hydrogen-bond acceptors (Lipinski definition) is 14. The van der Waals surface area contributed by atoms with E-state index in [-0.39, 0.29) is 23.2 Å². The average molecular weight is 706 g/mol. The second kappa shape index (κ2) is 16.4. The highest BCUT2D eigenvalue weighted by molar-refractivity contribution is 8.00. The number of fused-ring (bicyclic) bond motifs is 1. The van der Waals surface area contributed by atoms with Crippen molar-refractivity contribution in [3.63, 3.8) is 0 Å². The molecular formula is C27H36BFN10O5PS2+. The number of alkyl halides is 1. The van der Waals surface area contributed by atoms with Gasteiger partial charge in [-0.15, -0.1) is 11.8 Å². The number of halogens is 1. The van der Waals surface area contributed by atoms with Gasteiger partial charge in [-0.3, -0.25) is 14.5 Å². The summed E-state index contributed by atoms with van der Waals surface area (Å²) >= 11 is 2.17. The third-order valence-corrected chi connectivity index (χ3v) is 9.31. The van der Waals surface area contributed by atoms with E-state index in [9.17, 15) is 18.8 Å². The van der Waals surface area contributed by atoms with Gasteiger partial charge in [-0.25, -0.2) is 13.8 Å². The predicted molar refractivity (Wildman–Crippen MR) is 182 cm³/mol. The summed E-state index contributed by atoms with van der Waals surface area (Å²) in [5.74, 6) is -1.34. The molecule has 15 nitrogen and oxygen atoms in total. The number of anilines is 2. The number of carbonyl (C=O) groups excluding carboxylic acids is 3. The van der Waals surface area contributed by atoms with Crippen LogP contribution in [-0.2, 0) is 30.3 Å². The molecule has 0 aliphatic carbocycles. The third-order valence-electron chi connectivity index (χ3n) is 6.97. The Labute approximate surface area is 282 Å². The Hall–Kier alpha value is -3.67. The van der Waals surface area contributed by atoms with E-state index in [0.29, 0.717) is 17.1 Å². The van der Waals surface area contributed by atoms with Crippen molar-refractivity contribution in [2.75, 3.05) is 64.1 Å². The minimum atomic E-state index is -1.59. The second-order valence-electron chi connectivity index (χ2n) is 10.7. The van der Waals surface area contributed by atoms with E-state index in [1.54, 1.807) is 12.9 Å². The van der Waals surface area contributed by atoms with E-state index in [1.807, 2.05) is 51.0 Å². The maximum absolute atomic E-state index is 13.6. The number of nitrogens with two attached hydrogens (primary N) is 1. The summed E-state index contributed by atoms with van der Waals surface area (Å²) in [7, 11) is 10.3. The zero-order valence-corrected chi connectivity index (χ0v) is 29.1. The summed E-state index contributed by atoms with van der Waals surface area (Å²) in [6.07, 6.45) is 4.52. The van der Waals surface area contributed by atoms with E-state index in [0.717, 1.165) is 36.7 Å². The molecule has 47 heavy (non-hydrogen) atoms. The van der Waals surface area contributed by atoms with Gasteiger partial charge in [0.25, 0.3) is 18.7 Å². The number of nitrogens with one attached hydrogen (secondary N) is 1. The predicted octanol–water partition coefficient (Wildman–Crippen LogP) is 1.17. The molecule has 0 saturated carbocycles. The molecule has 4 heterocycles. The van der Waals surface area contributed by atoms with Gasteiger partial charge < -0.3 is 30.2 Å². The van der Waals surface area contributed by atoms with Gasteiger partial charge in [0.15, 0.2) is 12.7 Å². The summed E-state index contributed by atoms with van der Waals surface area (Å²) in [5, 5.41) is 5.47. The number of amides is 2. The van der Waals surface area contributed by atoms with Crippen LogP contribution in [0.3, 0.4) is 0 Å². The molecule has 2 aromatic heterocycles. The number of β-lactam (4-membered cyclic amide) rings is 1. The summed E-state index contributed by atoms with van der Waals surface area (Å²) in [4.78, 5) is 58.8. The number of aromatic nitrogens is 3. The Morgan fingerprint density at radius 3 is 2.77 bits per heavy atom. The van der Waals surface area contributed by atoms with Crippen LogP contribution in [-0.4, -0.2) is 121 Å². The molecule has 1 fully saturated rings. The molecule has 3 N–H and O–H groups in total. The molecule has 0 aromatic carbocycles. The molecule has 2 amide bonds. The molecule has 2 aliphatic rings. The van der Waals surface area contributed by atoms with Crippen LogP contribution in [0.1, 0.15) is 19.2 Å². The largest absolute Gasteiger partial charge is 0.452 e. The maximum atomic E-state index is 13.6. The fourth-order valence-electron chi connectivity index (χ4n) is 4.95. The van der Waals surface area contributed by atoms with Crippen molar-refractivity contribution in [1.29, 1.82) is 0 Å². The summed E-state index contributed by atoms with van der Waals surface area (Å²) in [6.45, 7) is 4.07. The molecule has 4 rings (SSSR count). The fourth-order valence-corrected chi connectivity index (χ4v) is 7.07. The minimum Gasteiger partial charge on any atom is -0.452 e. The van der Waals surface area contributed by atoms with E-state index >= 15 is 0 Å². The Kier molecular flexibility index (Phi) is 12.7. The number of hydrogen-bond donors (Lipinski definition) is 2. The lowest BCUT2D eigenvalue weighted by molar-refractivity contribution is -0.675. The number of thioether (sulfide) groups is 1. The van der Waals surface area contributed by atoms with Gasteiger partial charge in [0.2, 0.25) is 11.5 Å². The second-order valence-corrected chi connectivity index (χ2v) is 13.8. The first-order valence-corrected chi connectivity index (χ1v) is 18.0. The molecule has 2 radical (unpaired) electrons. The van der Waals surface area contributed by atoms with E-state index in [2.05, 4.69) is 39.5 Å². The molecule has 20 heteroatoms. The zero-order chi connectivity index (χ0) is 34.2. The van der Waals surface area contributed by atoms with Crippen LogP contribution in [0.25, 0.3) is 0 Å². The van der Waals surface area contributed by atoms with Crippen LogP contribution in [0, 0.1) is 0 Å². The fraction of sp³-hybridized carbons (Fsp3) is 0.481. The van der Waals surface area contributed by atoms with Crippen LogP contribution >= 0.6 is 31.3 Å². The highest BCUT2D eigenvalue weighted by atomic mass is 32.2. The lowest BCUT2D eigenvalue weighted by Gasteiger charge is -2.49. The van der Waals surface area contributed by atoms with Gasteiger partial charge in [0.1, 0.15) is 35.6 Å². The molecular weight excluding hydrogens is 669 g/mol. The Bertz CT molecular complexity index is 1580. The highest BCUT2D eigenvalue weighted by Gasteiger charge is 2.55. The van der Waals surface area contributed by atoms with E-state index in [4.69, 9.17) is 17.8 Å². The number of nitrogen functional groups attached to an aromatic ring is 1. The summed E-state index contributed by atoms with van der Waals surface area (Å²) < 4.78 is 24.0. The van der Waals surface area contributed by atoms with Crippen molar-refractivity contribution in [3.8, 4) is 0 Å². The number of carbonyl (C=O) groups is 3. The van der Waals surface area contributed by atoms with E-state index in [1.165, 1.54) is 16.7 Å². The average Bonchev–Trinajstić information content (AvgIpc) is 3.45. The van der Waals surface area contributed by atoms with Crippen molar-refractivity contribution in [3.05, 3.63) is 35.4 Å². The molecule has 3 unspecified atom stereocenters. The summed E-state index contributed by atoms with van der Waals surface area (Å²) in [5.41, 5.74) is 6.77. The highest BCUT2D eigenvalue weighted by Crippen LogP contribution is 2.42. The number of rotatable bonds is 15. The first kappa shape index (κ1) is 36.2. The molecule has 250 valence electrons. The van der Waals surface area contributed by atoms with Crippen LogP contribution in [0.4, 0.5) is 21.0 Å². The summed E-state index contributed by atoms with van der Waals surface area (Å²) in [6, 6.07) is 2.85. The van der Waals surface area contributed by atoms with Gasteiger partial charge in [-0.05, 0) is 52.8 Å². The number of pyridine rings is 1. The first-order chi connectivity index (χ1) is 22.5. The molecule has 2 aromatic rings. The number of aliphatic imine (C=N–C) groups is 1. The van der Waals surface area contributed by atoms with Gasteiger partial charge in [0.05, 0.1) is 6.20 Å². The minimum absolute atomic E-state index is 0.0539. The van der Waals surface area contributed by atoms with Crippen molar-refractivity contribution >= 4 is 85.2 Å². The van der Waals surface area contributed by atoms with Crippen LogP contribution < -0.4 is 20.5 Å². The molecule has 0 spiro atoms. The maximum Gasteiger partial charge on any atom is 0.357 e. The Morgan fingerprint density at radius 1 is 1.36 bits per heavy atom. The van der Waals surface area contributed by atoms with E-state index < -0.39 is 49.8 Å². The smallest absolute Gasteiger partial charge is 0.357 e. The SMILES string of the molecule is [B]P(C)OC(=O)C1=C(C[n+]2cccc(N(C)CCCN(C)C)c2N=CC)CSC2C(NC(=O)/C(=N\OCF)c3nsc(N)n3)C(=O)N12. The molecule has 0 bridgehead atoms. The monoisotopic (exact) mass is 705 g/mol. The normalized spacial score (nSPS) is 18.7. The van der Waals surface area contributed by atoms with Crippen LogP contribution in [0.15, 0.2) is 39.7 Å². The quantitative estimate of drug-likeness (QED) is 0.0681. The Morgan fingerprint density at radius 2 is 2.13 bits per heavy atom. The lowest BCUT2D eigenvalue weighted by atomic mass is 10.0. The number of oxime groups is 1. The zero-order valence-electron chi connectivity index (χ0n) is 26.6. The van der Waals surface area contributed by atoms with Crippen LogP contribution in [0.2, 0.25) is 0 Å². The molecule has 3 atom stereocenters. The topological polar surface area (TPSA) is 172 Å². The van der Waals surface area contributed by atoms with Crippen molar-refractivity contribution in [1.82, 2.24) is 24.5 Å². The Balaban J connectivity index is 1.63. The third kappa shape index (κ3) is 8.63. The molecule has 1 saturated heterocycles. The van der Waals surface area contributed by atoms with Crippen molar-refractivity contribution in [2.24, 2.45) is 10.1 Å². The first-order valence-electron chi connectivity index (χ1n) is 14.4. The van der Waals surface area contributed by atoms with Gasteiger partial charge in [-0.2, -0.15) is 9.36 Å². The van der Waals surface area contributed by atoms with Gasteiger partial charge >= 0.3 is 11.8 Å². The van der Waals surface area contributed by atoms with Crippen LogP contribution in [0.5, 0.6) is 0 Å². The lowest BCUT2D eigenvalue weighted by Crippen LogP contribution is -2.71. The van der Waals surface area contributed by atoms with Crippen molar-refractivity contribution < 1.29 is 32.7 Å².